The monoisotopic (exact) mass is 261 g/mol. The van der Waals surface area contributed by atoms with Gasteiger partial charge in [-0.3, -0.25) is 4.79 Å². The van der Waals surface area contributed by atoms with Gasteiger partial charge >= 0.3 is 5.97 Å². The zero-order chi connectivity index (χ0) is 13.7. The van der Waals surface area contributed by atoms with Gasteiger partial charge in [0.15, 0.2) is 6.33 Å². The number of carbonyl (C=O) groups is 2. The van der Waals surface area contributed by atoms with E-state index >= 15 is 0 Å². The van der Waals surface area contributed by atoms with Gasteiger partial charge in [-0.1, -0.05) is 5.16 Å². The number of benzene rings is 1. The van der Waals surface area contributed by atoms with Crippen LogP contribution in [-0.2, 0) is 6.42 Å². The number of carboxylic acids is 1. The minimum absolute atomic E-state index is 0.141. The number of aromatic carboxylic acids is 1. The first kappa shape index (κ1) is 12.7. The fourth-order valence-corrected chi connectivity index (χ4v) is 1.46. The molecule has 0 aliphatic rings. The highest BCUT2D eigenvalue weighted by molar-refractivity contribution is 5.95. The summed E-state index contributed by atoms with van der Waals surface area (Å²) in [6.45, 7) is 0.363. The molecule has 0 spiro atoms. The molecule has 98 valence electrons. The maximum atomic E-state index is 11.7. The molecule has 1 aromatic carbocycles. The Morgan fingerprint density at radius 2 is 1.89 bits per heavy atom. The average Bonchev–Trinajstić information content (AvgIpc) is 2.92. The molecule has 0 saturated heterocycles. The summed E-state index contributed by atoms with van der Waals surface area (Å²) in [6, 6.07) is 5.70. The van der Waals surface area contributed by atoms with Crippen molar-refractivity contribution in [2.45, 2.75) is 6.42 Å². The van der Waals surface area contributed by atoms with Crippen LogP contribution in [0.25, 0.3) is 0 Å². The van der Waals surface area contributed by atoms with Crippen LogP contribution in [0.2, 0.25) is 0 Å². The molecule has 1 aromatic heterocycles. The largest absolute Gasteiger partial charge is 0.478 e. The van der Waals surface area contributed by atoms with Crippen LogP contribution in [0.5, 0.6) is 0 Å². The van der Waals surface area contributed by atoms with Gasteiger partial charge in [0, 0.05) is 18.5 Å². The third-order valence-corrected chi connectivity index (χ3v) is 2.43. The number of rotatable bonds is 5. The molecular weight excluding hydrogens is 250 g/mol. The van der Waals surface area contributed by atoms with Gasteiger partial charge in [0.25, 0.3) is 5.91 Å². The number of nitrogens with one attached hydrogen (secondary N) is 1. The molecule has 1 heterocycles. The van der Waals surface area contributed by atoms with Gasteiger partial charge in [-0.15, -0.1) is 0 Å². The molecule has 1 amide bonds. The first-order valence-electron chi connectivity index (χ1n) is 5.54. The van der Waals surface area contributed by atoms with Crippen molar-refractivity contribution in [3.63, 3.8) is 0 Å². The Balaban J connectivity index is 1.87. The normalized spacial score (nSPS) is 10.1. The van der Waals surface area contributed by atoms with Crippen LogP contribution in [-0.4, -0.2) is 33.7 Å². The summed E-state index contributed by atoms with van der Waals surface area (Å²) >= 11 is 0. The molecule has 0 radical (unpaired) electrons. The fourth-order valence-electron chi connectivity index (χ4n) is 1.46. The lowest BCUT2D eigenvalue weighted by Gasteiger charge is -2.03. The van der Waals surface area contributed by atoms with E-state index < -0.39 is 5.97 Å². The van der Waals surface area contributed by atoms with E-state index in [0.29, 0.717) is 24.4 Å². The van der Waals surface area contributed by atoms with Gasteiger partial charge in [0.05, 0.1) is 5.56 Å². The molecule has 2 rings (SSSR count). The Morgan fingerprint density at radius 1 is 1.21 bits per heavy atom. The minimum atomic E-state index is -1.02. The Kier molecular flexibility index (Phi) is 3.87. The van der Waals surface area contributed by atoms with Gasteiger partial charge in [-0.05, 0) is 24.3 Å². The maximum absolute atomic E-state index is 11.7. The van der Waals surface area contributed by atoms with E-state index in [2.05, 4.69) is 15.5 Å². The van der Waals surface area contributed by atoms with E-state index in [4.69, 9.17) is 9.63 Å². The van der Waals surface area contributed by atoms with Gasteiger partial charge in [0.2, 0.25) is 5.89 Å². The SMILES string of the molecule is O=C(O)c1ccc(C(=O)NCCc2ncno2)cc1. The number of carboxylic acid groups (broad SMARTS) is 1. The molecule has 7 nitrogen and oxygen atoms in total. The summed E-state index contributed by atoms with van der Waals surface area (Å²) in [4.78, 5) is 26.2. The third kappa shape index (κ3) is 3.38. The van der Waals surface area contributed by atoms with E-state index in [1.807, 2.05) is 0 Å². The summed E-state index contributed by atoms with van der Waals surface area (Å²) in [6.07, 6.45) is 1.74. The quantitative estimate of drug-likeness (QED) is 0.822. The standard InChI is InChI=1S/C12H11N3O4/c16-11(13-6-5-10-14-7-15-19-10)8-1-3-9(4-2-8)12(17)18/h1-4,7H,5-6H2,(H,13,16)(H,17,18). The molecule has 2 aromatic rings. The van der Waals surface area contributed by atoms with E-state index in [1.165, 1.54) is 30.6 Å². The van der Waals surface area contributed by atoms with E-state index in [-0.39, 0.29) is 11.5 Å². The second-order valence-corrected chi connectivity index (χ2v) is 3.72. The molecular formula is C12H11N3O4. The molecule has 0 aliphatic carbocycles. The van der Waals surface area contributed by atoms with Gasteiger partial charge in [0.1, 0.15) is 0 Å². The fraction of sp³-hybridized carbons (Fsp3) is 0.167. The number of aromatic nitrogens is 2. The van der Waals surface area contributed by atoms with Crippen LogP contribution in [0.3, 0.4) is 0 Å². The molecule has 19 heavy (non-hydrogen) atoms. The number of hydrogen-bond donors (Lipinski definition) is 2. The highest BCUT2D eigenvalue weighted by Crippen LogP contribution is 2.04. The van der Waals surface area contributed by atoms with Crippen LogP contribution in [0.1, 0.15) is 26.6 Å². The maximum Gasteiger partial charge on any atom is 0.335 e. The summed E-state index contributed by atoms with van der Waals surface area (Å²) in [5.74, 6) is -0.860. The van der Waals surface area contributed by atoms with Crippen molar-refractivity contribution in [1.29, 1.82) is 0 Å². The summed E-state index contributed by atoms with van der Waals surface area (Å²) in [5, 5.41) is 14.9. The molecule has 0 saturated carbocycles. The van der Waals surface area contributed by atoms with Crippen molar-refractivity contribution in [3.8, 4) is 0 Å². The molecule has 0 fully saturated rings. The van der Waals surface area contributed by atoms with E-state index in [1.54, 1.807) is 0 Å². The Labute approximate surface area is 108 Å². The number of carbonyl (C=O) groups excluding carboxylic acids is 1. The van der Waals surface area contributed by atoms with Crippen LogP contribution >= 0.6 is 0 Å². The molecule has 2 N–H and O–H groups in total. The third-order valence-electron chi connectivity index (χ3n) is 2.43. The zero-order valence-corrected chi connectivity index (χ0v) is 9.87. The Bertz CT molecular complexity index is 563. The second kappa shape index (κ2) is 5.76. The summed E-state index contributed by atoms with van der Waals surface area (Å²) in [5.41, 5.74) is 0.540. The van der Waals surface area contributed by atoms with Gasteiger partial charge in [-0.25, -0.2) is 4.79 Å². The number of amides is 1. The Hall–Kier alpha value is -2.70. The predicted molar refractivity (Wildman–Crippen MR) is 63.7 cm³/mol. The van der Waals surface area contributed by atoms with Crippen LogP contribution in [0, 0.1) is 0 Å². The van der Waals surface area contributed by atoms with Crippen molar-refractivity contribution >= 4 is 11.9 Å². The molecule has 0 atom stereocenters. The molecule has 0 unspecified atom stereocenters. The smallest absolute Gasteiger partial charge is 0.335 e. The first-order valence-corrected chi connectivity index (χ1v) is 5.54. The first-order chi connectivity index (χ1) is 9.16. The Morgan fingerprint density at radius 3 is 2.47 bits per heavy atom. The number of hydrogen-bond acceptors (Lipinski definition) is 5. The number of nitrogens with zero attached hydrogens (tertiary/aromatic N) is 2. The average molecular weight is 261 g/mol. The molecule has 0 bridgehead atoms. The molecule has 7 heteroatoms. The van der Waals surface area contributed by atoms with Gasteiger partial charge < -0.3 is 14.9 Å². The van der Waals surface area contributed by atoms with E-state index in [9.17, 15) is 9.59 Å². The van der Waals surface area contributed by atoms with E-state index in [0.717, 1.165) is 0 Å². The molecule has 0 aliphatic heterocycles. The van der Waals surface area contributed by atoms with Crippen molar-refractivity contribution < 1.29 is 19.2 Å². The van der Waals surface area contributed by atoms with Crippen LogP contribution < -0.4 is 5.32 Å². The summed E-state index contributed by atoms with van der Waals surface area (Å²) in [7, 11) is 0. The lowest BCUT2D eigenvalue weighted by molar-refractivity contribution is 0.0696. The summed E-state index contributed by atoms with van der Waals surface area (Å²) < 4.78 is 4.79. The van der Waals surface area contributed by atoms with Gasteiger partial charge in [-0.2, -0.15) is 4.98 Å². The lowest BCUT2D eigenvalue weighted by atomic mass is 10.1. The van der Waals surface area contributed by atoms with Crippen molar-refractivity contribution in [1.82, 2.24) is 15.5 Å². The van der Waals surface area contributed by atoms with Crippen LogP contribution in [0.15, 0.2) is 35.1 Å². The highest BCUT2D eigenvalue weighted by Gasteiger charge is 2.08. The van der Waals surface area contributed by atoms with Crippen molar-refractivity contribution in [2.24, 2.45) is 0 Å². The minimum Gasteiger partial charge on any atom is -0.478 e. The van der Waals surface area contributed by atoms with Crippen molar-refractivity contribution in [3.05, 3.63) is 47.6 Å². The predicted octanol–water partition coefficient (Wildman–Crippen LogP) is 0.740. The van der Waals surface area contributed by atoms with Crippen molar-refractivity contribution in [2.75, 3.05) is 6.54 Å². The zero-order valence-electron chi connectivity index (χ0n) is 9.87. The van der Waals surface area contributed by atoms with Crippen LogP contribution in [0.4, 0.5) is 0 Å². The lowest BCUT2D eigenvalue weighted by Crippen LogP contribution is -2.25. The highest BCUT2D eigenvalue weighted by atomic mass is 16.5. The second-order valence-electron chi connectivity index (χ2n) is 3.72. The topological polar surface area (TPSA) is 105 Å².